The van der Waals surface area contributed by atoms with Gasteiger partial charge in [-0.25, -0.2) is 19.7 Å². The first kappa shape index (κ1) is 14.6. The number of anilines is 3. The zero-order valence-electron chi connectivity index (χ0n) is 12.3. The molecule has 2 aromatic rings. The van der Waals surface area contributed by atoms with Gasteiger partial charge in [0, 0.05) is 38.2 Å². The standard InChI is InChI=1S/C13H16N6O2/c1-8-5-14-13(17-10(8)19(2)3)18-12-15-6-9(7-16-12)11(20)21-4/h5-7H,1-4H3,(H,14,15,16,17,18). The molecule has 8 nitrogen and oxygen atoms in total. The maximum Gasteiger partial charge on any atom is 0.341 e. The summed E-state index contributed by atoms with van der Waals surface area (Å²) in [6.07, 6.45) is 4.47. The van der Waals surface area contributed by atoms with Gasteiger partial charge in [0.1, 0.15) is 5.82 Å². The van der Waals surface area contributed by atoms with Crippen LogP contribution in [0.3, 0.4) is 0 Å². The lowest BCUT2D eigenvalue weighted by Gasteiger charge is -2.14. The third-order valence-corrected chi connectivity index (χ3v) is 2.67. The third-order valence-electron chi connectivity index (χ3n) is 2.67. The number of nitrogens with zero attached hydrogens (tertiary/aromatic N) is 5. The average molecular weight is 288 g/mol. The molecule has 0 atom stereocenters. The van der Waals surface area contributed by atoms with Crippen LogP contribution in [0.5, 0.6) is 0 Å². The van der Waals surface area contributed by atoms with Crippen molar-refractivity contribution < 1.29 is 9.53 Å². The maximum absolute atomic E-state index is 11.3. The number of methoxy groups -OCH3 is 1. The minimum Gasteiger partial charge on any atom is -0.465 e. The molecule has 0 saturated carbocycles. The van der Waals surface area contributed by atoms with E-state index in [-0.39, 0.29) is 5.56 Å². The summed E-state index contributed by atoms with van der Waals surface area (Å²) in [5, 5.41) is 2.89. The lowest BCUT2D eigenvalue weighted by atomic mass is 10.3. The fourth-order valence-corrected chi connectivity index (χ4v) is 1.66. The van der Waals surface area contributed by atoms with Gasteiger partial charge in [0.05, 0.1) is 12.7 Å². The molecule has 0 aliphatic rings. The second-order valence-corrected chi connectivity index (χ2v) is 4.51. The van der Waals surface area contributed by atoms with E-state index in [1.165, 1.54) is 19.5 Å². The summed E-state index contributed by atoms with van der Waals surface area (Å²) in [4.78, 5) is 29.8. The third kappa shape index (κ3) is 3.41. The Balaban J connectivity index is 2.18. The van der Waals surface area contributed by atoms with Crippen molar-refractivity contribution in [2.24, 2.45) is 0 Å². The minimum absolute atomic E-state index is 0.279. The van der Waals surface area contributed by atoms with E-state index in [9.17, 15) is 4.79 Å². The fraction of sp³-hybridized carbons (Fsp3) is 0.308. The first-order valence-corrected chi connectivity index (χ1v) is 6.19. The van der Waals surface area contributed by atoms with Gasteiger partial charge < -0.3 is 9.64 Å². The van der Waals surface area contributed by atoms with E-state index in [0.717, 1.165) is 11.4 Å². The van der Waals surface area contributed by atoms with Crippen molar-refractivity contribution in [2.45, 2.75) is 6.92 Å². The summed E-state index contributed by atoms with van der Waals surface area (Å²) in [6.45, 7) is 1.93. The van der Waals surface area contributed by atoms with Crippen molar-refractivity contribution in [3.05, 3.63) is 29.7 Å². The number of hydrogen-bond acceptors (Lipinski definition) is 8. The van der Waals surface area contributed by atoms with Crippen molar-refractivity contribution in [3.63, 3.8) is 0 Å². The van der Waals surface area contributed by atoms with Crippen molar-refractivity contribution in [2.75, 3.05) is 31.4 Å². The van der Waals surface area contributed by atoms with Crippen molar-refractivity contribution in [3.8, 4) is 0 Å². The van der Waals surface area contributed by atoms with Crippen LogP contribution in [0, 0.1) is 6.92 Å². The van der Waals surface area contributed by atoms with Crippen LogP contribution in [0.4, 0.5) is 17.7 Å². The second-order valence-electron chi connectivity index (χ2n) is 4.51. The molecule has 0 aliphatic heterocycles. The highest BCUT2D eigenvalue weighted by Gasteiger charge is 2.09. The molecule has 2 rings (SSSR count). The van der Waals surface area contributed by atoms with Crippen molar-refractivity contribution in [1.29, 1.82) is 0 Å². The van der Waals surface area contributed by atoms with Crippen LogP contribution in [0.2, 0.25) is 0 Å². The molecular weight excluding hydrogens is 272 g/mol. The molecule has 0 saturated heterocycles. The molecule has 0 unspecified atom stereocenters. The molecule has 8 heteroatoms. The Bertz CT molecular complexity index is 642. The van der Waals surface area contributed by atoms with E-state index < -0.39 is 5.97 Å². The number of ether oxygens (including phenoxy) is 1. The quantitative estimate of drug-likeness (QED) is 0.838. The number of aryl methyl sites for hydroxylation is 1. The Hall–Kier alpha value is -2.77. The number of carbonyl (C=O) groups is 1. The van der Waals surface area contributed by atoms with Gasteiger partial charge in [-0.1, -0.05) is 0 Å². The van der Waals surface area contributed by atoms with Crippen LogP contribution in [-0.4, -0.2) is 47.1 Å². The van der Waals surface area contributed by atoms with Crippen molar-refractivity contribution in [1.82, 2.24) is 19.9 Å². The molecule has 110 valence electrons. The summed E-state index contributed by atoms with van der Waals surface area (Å²) >= 11 is 0. The van der Waals surface area contributed by atoms with Crippen LogP contribution in [-0.2, 0) is 4.74 Å². The highest BCUT2D eigenvalue weighted by Crippen LogP contribution is 2.16. The highest BCUT2D eigenvalue weighted by atomic mass is 16.5. The van der Waals surface area contributed by atoms with Gasteiger partial charge >= 0.3 is 5.97 Å². The summed E-state index contributed by atoms with van der Waals surface area (Å²) in [7, 11) is 5.11. The predicted octanol–water partition coefficient (Wildman–Crippen LogP) is 1.17. The van der Waals surface area contributed by atoms with Crippen LogP contribution < -0.4 is 10.2 Å². The topological polar surface area (TPSA) is 93.1 Å². The molecular formula is C13H16N6O2. The molecule has 2 aromatic heterocycles. The Kier molecular flexibility index (Phi) is 4.27. The van der Waals surface area contributed by atoms with Crippen molar-refractivity contribution >= 4 is 23.7 Å². The summed E-state index contributed by atoms with van der Waals surface area (Å²) in [5.74, 6) is 1.01. The van der Waals surface area contributed by atoms with Gasteiger partial charge in [-0.3, -0.25) is 5.32 Å². The van der Waals surface area contributed by atoms with Crippen LogP contribution in [0.15, 0.2) is 18.6 Å². The monoisotopic (exact) mass is 288 g/mol. The fourth-order valence-electron chi connectivity index (χ4n) is 1.66. The number of rotatable bonds is 4. The molecule has 0 bridgehead atoms. The summed E-state index contributed by atoms with van der Waals surface area (Å²) < 4.78 is 4.58. The number of nitrogens with one attached hydrogen (secondary N) is 1. The number of esters is 1. The van der Waals surface area contributed by atoms with E-state index in [1.54, 1.807) is 6.20 Å². The highest BCUT2D eigenvalue weighted by molar-refractivity contribution is 5.88. The molecule has 0 spiro atoms. The molecule has 0 amide bonds. The Morgan fingerprint density at radius 3 is 2.33 bits per heavy atom. The molecule has 1 N–H and O–H groups in total. The molecule has 0 aliphatic carbocycles. The van der Waals surface area contributed by atoms with Gasteiger partial charge in [0.15, 0.2) is 0 Å². The van der Waals surface area contributed by atoms with Crippen LogP contribution in [0.25, 0.3) is 0 Å². The average Bonchev–Trinajstić information content (AvgIpc) is 2.49. The normalized spacial score (nSPS) is 10.1. The SMILES string of the molecule is COC(=O)c1cnc(Nc2ncc(C)c(N(C)C)n2)nc1. The zero-order chi connectivity index (χ0) is 15.4. The minimum atomic E-state index is -0.483. The second kappa shape index (κ2) is 6.12. The molecule has 0 fully saturated rings. The first-order chi connectivity index (χ1) is 10.0. The zero-order valence-corrected chi connectivity index (χ0v) is 12.3. The van der Waals surface area contributed by atoms with E-state index in [4.69, 9.17) is 0 Å². The smallest absolute Gasteiger partial charge is 0.341 e. The summed E-state index contributed by atoms with van der Waals surface area (Å²) in [5.41, 5.74) is 1.24. The van der Waals surface area contributed by atoms with Gasteiger partial charge in [-0.05, 0) is 6.92 Å². The molecule has 0 aromatic carbocycles. The lowest BCUT2D eigenvalue weighted by molar-refractivity contribution is 0.0600. The maximum atomic E-state index is 11.3. The molecule has 0 radical (unpaired) electrons. The number of carbonyl (C=O) groups excluding carboxylic acids is 1. The van der Waals surface area contributed by atoms with E-state index in [2.05, 4.69) is 30.0 Å². The van der Waals surface area contributed by atoms with E-state index in [1.807, 2.05) is 25.9 Å². The van der Waals surface area contributed by atoms with Gasteiger partial charge in [-0.2, -0.15) is 4.98 Å². The Morgan fingerprint density at radius 1 is 1.14 bits per heavy atom. The first-order valence-electron chi connectivity index (χ1n) is 6.19. The summed E-state index contributed by atoms with van der Waals surface area (Å²) in [6, 6.07) is 0. The molecule has 21 heavy (non-hydrogen) atoms. The van der Waals surface area contributed by atoms with Gasteiger partial charge in [-0.15, -0.1) is 0 Å². The number of hydrogen-bond donors (Lipinski definition) is 1. The number of aromatic nitrogens is 4. The van der Waals surface area contributed by atoms with Crippen LogP contribution >= 0.6 is 0 Å². The van der Waals surface area contributed by atoms with E-state index >= 15 is 0 Å². The Morgan fingerprint density at radius 2 is 1.76 bits per heavy atom. The van der Waals surface area contributed by atoms with Crippen LogP contribution in [0.1, 0.15) is 15.9 Å². The van der Waals surface area contributed by atoms with E-state index in [0.29, 0.717) is 11.9 Å². The predicted molar refractivity (Wildman–Crippen MR) is 77.8 cm³/mol. The largest absolute Gasteiger partial charge is 0.465 e. The van der Waals surface area contributed by atoms with Gasteiger partial charge in [0.2, 0.25) is 11.9 Å². The Labute approximate surface area is 122 Å². The molecule has 2 heterocycles. The van der Waals surface area contributed by atoms with Gasteiger partial charge in [0.25, 0.3) is 0 Å². The lowest BCUT2D eigenvalue weighted by Crippen LogP contribution is -2.14.